The number of hydrogen-bond donors (Lipinski definition) is 2. The van der Waals surface area contributed by atoms with Gasteiger partial charge in [0.05, 0.1) is 6.10 Å². The highest BCUT2D eigenvalue weighted by Gasteiger charge is 2.27. The molecule has 0 fully saturated rings. The molecule has 0 saturated heterocycles. The number of rotatable bonds is 2. The van der Waals surface area contributed by atoms with Crippen LogP contribution in [0.25, 0.3) is 0 Å². The predicted octanol–water partition coefficient (Wildman–Crippen LogP) is 1.24. The Hall–Kier alpha value is -1.06. The van der Waals surface area contributed by atoms with Gasteiger partial charge in [0.1, 0.15) is 0 Å². The highest BCUT2D eigenvalue weighted by atomic mass is 16.3. The maximum atomic E-state index is 9.94. The van der Waals surface area contributed by atoms with Gasteiger partial charge in [0.15, 0.2) is 0 Å². The number of aliphatic hydroxyl groups is 1. The Morgan fingerprint density at radius 2 is 2.31 bits per heavy atom. The van der Waals surface area contributed by atoms with Crippen molar-refractivity contribution >= 4 is 5.69 Å². The summed E-state index contributed by atoms with van der Waals surface area (Å²) >= 11 is 0. The minimum absolute atomic E-state index is 0.191. The molecule has 1 aliphatic heterocycles. The summed E-state index contributed by atoms with van der Waals surface area (Å²) in [6.45, 7) is 3.41. The van der Waals surface area contributed by atoms with Crippen molar-refractivity contribution in [1.82, 2.24) is 0 Å². The van der Waals surface area contributed by atoms with Crippen LogP contribution < -0.4 is 10.6 Å². The highest BCUT2D eigenvalue weighted by molar-refractivity contribution is 5.58. The van der Waals surface area contributed by atoms with Crippen LogP contribution in [0.2, 0.25) is 0 Å². The summed E-state index contributed by atoms with van der Waals surface area (Å²) in [6, 6.07) is 6.42. The Bertz CT molecular complexity index is 378. The second-order valence-electron chi connectivity index (χ2n) is 4.68. The summed E-state index contributed by atoms with van der Waals surface area (Å²) in [5.41, 5.74) is 9.29. The lowest BCUT2D eigenvalue weighted by Crippen LogP contribution is -2.35. The Morgan fingerprint density at radius 3 is 3.00 bits per heavy atom. The molecule has 3 N–H and O–H groups in total. The van der Waals surface area contributed by atoms with E-state index in [1.54, 1.807) is 0 Å². The number of aliphatic hydroxyl groups excluding tert-OH is 1. The molecule has 3 nitrogen and oxygen atoms in total. The van der Waals surface area contributed by atoms with Gasteiger partial charge in [-0.1, -0.05) is 12.1 Å². The molecule has 0 radical (unpaired) electrons. The molecule has 2 unspecified atom stereocenters. The van der Waals surface area contributed by atoms with Crippen LogP contribution in [0.5, 0.6) is 0 Å². The first kappa shape index (κ1) is 11.4. The number of fused-ring (bicyclic) bond motifs is 1. The van der Waals surface area contributed by atoms with Crippen LogP contribution >= 0.6 is 0 Å². The number of benzene rings is 1. The van der Waals surface area contributed by atoms with Gasteiger partial charge in [0, 0.05) is 31.7 Å². The van der Waals surface area contributed by atoms with Crippen LogP contribution in [0.1, 0.15) is 23.5 Å². The monoisotopic (exact) mass is 220 g/mol. The molecule has 88 valence electrons. The molecule has 0 bridgehead atoms. The first-order valence-corrected chi connectivity index (χ1v) is 5.83. The van der Waals surface area contributed by atoms with Crippen molar-refractivity contribution in [2.75, 3.05) is 25.0 Å². The summed E-state index contributed by atoms with van der Waals surface area (Å²) in [5.74, 6) is 0.191. The summed E-state index contributed by atoms with van der Waals surface area (Å²) in [6.07, 6.45) is 0.556. The van der Waals surface area contributed by atoms with Crippen molar-refractivity contribution < 1.29 is 5.11 Å². The van der Waals surface area contributed by atoms with Gasteiger partial charge in [-0.25, -0.2) is 0 Å². The van der Waals surface area contributed by atoms with Crippen LogP contribution in [-0.2, 0) is 0 Å². The zero-order valence-electron chi connectivity index (χ0n) is 9.98. The van der Waals surface area contributed by atoms with E-state index in [1.807, 2.05) is 0 Å². The van der Waals surface area contributed by atoms with Gasteiger partial charge >= 0.3 is 0 Å². The molecule has 0 aliphatic carbocycles. The van der Waals surface area contributed by atoms with Crippen molar-refractivity contribution in [2.45, 2.75) is 25.4 Å². The van der Waals surface area contributed by atoms with Crippen LogP contribution in [0.15, 0.2) is 18.2 Å². The van der Waals surface area contributed by atoms with Gasteiger partial charge in [-0.3, -0.25) is 0 Å². The molecule has 1 aliphatic rings. The largest absolute Gasteiger partial charge is 0.391 e. The number of hydrogen-bond acceptors (Lipinski definition) is 3. The molecule has 0 saturated carbocycles. The first-order valence-electron chi connectivity index (χ1n) is 5.83. The number of nitrogens with zero attached hydrogens (tertiary/aromatic N) is 1. The third kappa shape index (κ3) is 1.93. The fraction of sp³-hybridized carbons (Fsp3) is 0.538. The van der Waals surface area contributed by atoms with Gasteiger partial charge in [0.2, 0.25) is 0 Å². The third-order valence-electron chi connectivity index (χ3n) is 3.48. The molecule has 3 heteroatoms. The van der Waals surface area contributed by atoms with E-state index >= 15 is 0 Å². The van der Waals surface area contributed by atoms with Crippen LogP contribution in [-0.4, -0.2) is 31.3 Å². The quantitative estimate of drug-likeness (QED) is 0.788. The Labute approximate surface area is 96.9 Å². The molecule has 1 aromatic rings. The molecule has 0 amide bonds. The Kier molecular flexibility index (Phi) is 3.17. The van der Waals surface area contributed by atoms with Crippen molar-refractivity contribution in [3.63, 3.8) is 0 Å². The normalized spacial score (nSPS) is 21.8. The molecule has 1 aromatic carbocycles. The minimum atomic E-state index is -0.421. The molecule has 1 heterocycles. The van der Waals surface area contributed by atoms with Crippen LogP contribution in [0.3, 0.4) is 0 Å². The molecular formula is C13H20N2O. The lowest BCUT2D eigenvalue weighted by atomic mass is 9.85. The first-order chi connectivity index (χ1) is 7.63. The summed E-state index contributed by atoms with van der Waals surface area (Å²) in [7, 11) is 2.10. The molecule has 0 spiro atoms. The van der Waals surface area contributed by atoms with Gasteiger partial charge in [-0.2, -0.15) is 0 Å². The second kappa shape index (κ2) is 4.44. The lowest BCUT2D eigenvalue weighted by Gasteiger charge is -2.35. The van der Waals surface area contributed by atoms with Crippen LogP contribution in [0.4, 0.5) is 5.69 Å². The van der Waals surface area contributed by atoms with Crippen molar-refractivity contribution in [3.05, 3.63) is 29.3 Å². The molecule has 2 atom stereocenters. The van der Waals surface area contributed by atoms with E-state index in [0.717, 1.165) is 13.0 Å². The van der Waals surface area contributed by atoms with E-state index in [0.29, 0.717) is 6.54 Å². The third-order valence-corrected chi connectivity index (χ3v) is 3.48. The Morgan fingerprint density at radius 1 is 1.56 bits per heavy atom. The van der Waals surface area contributed by atoms with Crippen molar-refractivity contribution in [2.24, 2.45) is 5.73 Å². The van der Waals surface area contributed by atoms with Crippen molar-refractivity contribution in [3.8, 4) is 0 Å². The maximum Gasteiger partial charge on any atom is 0.0732 e. The Balaban J connectivity index is 2.40. The van der Waals surface area contributed by atoms with Crippen LogP contribution in [0, 0.1) is 6.92 Å². The number of anilines is 1. The SMILES string of the molecule is Cc1ccc2c(c1)N(C)CCC2C(O)CN. The fourth-order valence-corrected chi connectivity index (χ4v) is 2.47. The van der Waals surface area contributed by atoms with E-state index in [-0.39, 0.29) is 5.92 Å². The highest BCUT2D eigenvalue weighted by Crippen LogP contribution is 2.36. The average molecular weight is 220 g/mol. The molecular weight excluding hydrogens is 200 g/mol. The van der Waals surface area contributed by atoms with E-state index in [2.05, 4.69) is 37.1 Å². The standard InChI is InChI=1S/C13H20N2O/c1-9-3-4-10-11(13(16)8-14)5-6-15(2)12(10)7-9/h3-4,7,11,13,16H,5-6,8,14H2,1-2H3. The second-order valence-corrected chi connectivity index (χ2v) is 4.68. The topological polar surface area (TPSA) is 49.5 Å². The van der Waals surface area contributed by atoms with Gasteiger partial charge < -0.3 is 15.7 Å². The summed E-state index contributed by atoms with van der Waals surface area (Å²) in [4.78, 5) is 2.25. The van der Waals surface area contributed by atoms with Gasteiger partial charge in [-0.15, -0.1) is 0 Å². The lowest BCUT2D eigenvalue weighted by molar-refractivity contribution is 0.145. The van der Waals surface area contributed by atoms with E-state index in [1.165, 1.54) is 16.8 Å². The van der Waals surface area contributed by atoms with Crippen molar-refractivity contribution in [1.29, 1.82) is 0 Å². The molecule has 0 aromatic heterocycles. The zero-order chi connectivity index (χ0) is 11.7. The van der Waals surface area contributed by atoms with Gasteiger partial charge in [-0.05, 0) is 30.5 Å². The summed E-state index contributed by atoms with van der Waals surface area (Å²) in [5, 5.41) is 9.94. The smallest absolute Gasteiger partial charge is 0.0732 e. The molecule has 2 rings (SSSR count). The predicted molar refractivity (Wildman–Crippen MR) is 66.9 cm³/mol. The fourth-order valence-electron chi connectivity index (χ4n) is 2.47. The zero-order valence-corrected chi connectivity index (χ0v) is 9.98. The van der Waals surface area contributed by atoms with E-state index in [9.17, 15) is 5.11 Å². The summed E-state index contributed by atoms with van der Waals surface area (Å²) < 4.78 is 0. The minimum Gasteiger partial charge on any atom is -0.391 e. The molecule has 16 heavy (non-hydrogen) atoms. The average Bonchev–Trinajstić information content (AvgIpc) is 2.29. The number of nitrogens with two attached hydrogens (primary N) is 1. The van der Waals surface area contributed by atoms with E-state index < -0.39 is 6.10 Å². The number of aryl methyl sites for hydroxylation is 1. The van der Waals surface area contributed by atoms with Gasteiger partial charge in [0.25, 0.3) is 0 Å². The van der Waals surface area contributed by atoms with E-state index in [4.69, 9.17) is 5.73 Å². The maximum absolute atomic E-state index is 9.94.